The van der Waals surface area contributed by atoms with Crippen molar-refractivity contribution in [2.45, 2.75) is 88.9 Å². The predicted octanol–water partition coefficient (Wildman–Crippen LogP) is 2.84. The second-order valence-electron chi connectivity index (χ2n) is 7.54. The summed E-state index contributed by atoms with van der Waals surface area (Å²) in [5.41, 5.74) is 1.64. The Hall–Kier alpha value is -1.37. The van der Waals surface area contributed by atoms with Gasteiger partial charge in [-0.15, -0.1) is 0 Å². The van der Waals surface area contributed by atoms with E-state index in [0.717, 1.165) is 62.8 Å². The van der Waals surface area contributed by atoms with Crippen molar-refractivity contribution in [2.24, 2.45) is 0 Å². The first-order valence-electron chi connectivity index (χ1n) is 9.46. The Labute approximate surface area is 150 Å². The van der Waals surface area contributed by atoms with Crippen molar-refractivity contribution in [3.8, 4) is 0 Å². The van der Waals surface area contributed by atoms with E-state index in [1.165, 1.54) is 6.42 Å². The molecule has 1 amide bonds. The molecule has 0 saturated heterocycles. The molecule has 2 fully saturated rings. The molecule has 2 saturated carbocycles. The zero-order valence-corrected chi connectivity index (χ0v) is 16.1. The van der Waals surface area contributed by atoms with Gasteiger partial charge in [0.15, 0.2) is 0 Å². The number of amides is 1. The summed E-state index contributed by atoms with van der Waals surface area (Å²) in [4.78, 5) is 16.6. The molecule has 140 valence electrons. The van der Waals surface area contributed by atoms with Gasteiger partial charge in [0.05, 0.1) is 5.69 Å². The molecule has 1 heterocycles. The standard InChI is InChI=1S/C18H29N3O3S/c1-13-14(2)21(16-10-4-3-5-11-16)18(19-13)25(23,24)12-17(22)20-15-8-6-7-9-15/h15-16H,3-12H2,1-2H3,(H,20,22). The number of nitrogens with zero attached hydrogens (tertiary/aromatic N) is 2. The van der Waals surface area contributed by atoms with Crippen LogP contribution in [0.25, 0.3) is 0 Å². The van der Waals surface area contributed by atoms with Gasteiger partial charge in [-0.1, -0.05) is 32.1 Å². The van der Waals surface area contributed by atoms with Gasteiger partial charge in [-0.2, -0.15) is 0 Å². The molecule has 6 nitrogen and oxygen atoms in total. The topological polar surface area (TPSA) is 81.1 Å². The Morgan fingerprint density at radius 1 is 1.08 bits per heavy atom. The molecule has 0 aromatic carbocycles. The van der Waals surface area contributed by atoms with E-state index in [4.69, 9.17) is 0 Å². The number of nitrogens with one attached hydrogen (secondary N) is 1. The van der Waals surface area contributed by atoms with Gasteiger partial charge in [-0.05, 0) is 39.5 Å². The van der Waals surface area contributed by atoms with E-state index >= 15 is 0 Å². The highest BCUT2D eigenvalue weighted by Gasteiger charge is 2.31. The minimum atomic E-state index is -3.74. The summed E-state index contributed by atoms with van der Waals surface area (Å²) < 4.78 is 27.7. The number of aromatic nitrogens is 2. The van der Waals surface area contributed by atoms with Crippen molar-refractivity contribution in [2.75, 3.05) is 5.75 Å². The number of hydrogen-bond donors (Lipinski definition) is 1. The van der Waals surface area contributed by atoms with E-state index in [1.54, 1.807) is 0 Å². The van der Waals surface area contributed by atoms with Crippen LogP contribution in [-0.2, 0) is 14.6 Å². The van der Waals surface area contributed by atoms with Crippen molar-refractivity contribution < 1.29 is 13.2 Å². The highest BCUT2D eigenvalue weighted by Crippen LogP contribution is 2.32. The summed E-state index contributed by atoms with van der Waals surface area (Å²) in [5.74, 6) is -0.910. The molecule has 0 aliphatic heterocycles. The minimum absolute atomic E-state index is 0.0796. The zero-order chi connectivity index (χ0) is 18.0. The quantitative estimate of drug-likeness (QED) is 0.868. The van der Waals surface area contributed by atoms with Gasteiger partial charge in [0.25, 0.3) is 0 Å². The fourth-order valence-electron chi connectivity index (χ4n) is 4.16. The lowest BCUT2D eigenvalue weighted by Crippen LogP contribution is -2.37. The van der Waals surface area contributed by atoms with Gasteiger partial charge in [-0.3, -0.25) is 4.79 Å². The minimum Gasteiger partial charge on any atom is -0.352 e. The van der Waals surface area contributed by atoms with E-state index in [1.807, 2.05) is 18.4 Å². The Bertz CT molecular complexity index is 727. The Morgan fingerprint density at radius 3 is 2.32 bits per heavy atom. The third kappa shape index (κ3) is 4.07. The number of hydrogen-bond acceptors (Lipinski definition) is 4. The molecule has 25 heavy (non-hydrogen) atoms. The molecule has 1 N–H and O–H groups in total. The van der Waals surface area contributed by atoms with Crippen LogP contribution < -0.4 is 5.32 Å². The predicted molar refractivity (Wildman–Crippen MR) is 96.3 cm³/mol. The fourth-order valence-corrected chi connectivity index (χ4v) is 5.58. The van der Waals surface area contributed by atoms with Crippen LogP contribution in [0.1, 0.15) is 75.2 Å². The molecule has 0 atom stereocenters. The molecule has 2 aliphatic rings. The van der Waals surface area contributed by atoms with E-state index in [2.05, 4.69) is 10.3 Å². The Kier molecular flexibility index (Phi) is 5.51. The van der Waals surface area contributed by atoms with Crippen molar-refractivity contribution in [1.29, 1.82) is 0 Å². The lowest BCUT2D eigenvalue weighted by atomic mass is 9.95. The molecule has 0 unspecified atom stereocenters. The Balaban J connectivity index is 1.81. The highest BCUT2D eigenvalue weighted by molar-refractivity contribution is 7.92. The van der Waals surface area contributed by atoms with Crippen LogP contribution in [0.5, 0.6) is 0 Å². The average molecular weight is 368 g/mol. The molecule has 7 heteroatoms. The van der Waals surface area contributed by atoms with Gasteiger partial charge in [-0.25, -0.2) is 13.4 Å². The fraction of sp³-hybridized carbons (Fsp3) is 0.778. The molecule has 1 aromatic heterocycles. The van der Waals surface area contributed by atoms with Crippen LogP contribution in [0.4, 0.5) is 0 Å². The second kappa shape index (κ2) is 7.48. The van der Waals surface area contributed by atoms with Crippen LogP contribution in [0.3, 0.4) is 0 Å². The number of rotatable bonds is 5. The number of aryl methyl sites for hydroxylation is 1. The lowest BCUT2D eigenvalue weighted by molar-refractivity contribution is -0.119. The molecular formula is C18H29N3O3S. The van der Waals surface area contributed by atoms with Gasteiger partial charge in [0.2, 0.25) is 20.9 Å². The van der Waals surface area contributed by atoms with Gasteiger partial charge >= 0.3 is 0 Å². The van der Waals surface area contributed by atoms with Crippen LogP contribution >= 0.6 is 0 Å². The van der Waals surface area contributed by atoms with Gasteiger partial charge in [0, 0.05) is 17.8 Å². The molecule has 0 radical (unpaired) electrons. The lowest BCUT2D eigenvalue weighted by Gasteiger charge is -2.26. The first kappa shape index (κ1) is 18.4. The normalized spacial score (nSPS) is 20.1. The summed E-state index contributed by atoms with van der Waals surface area (Å²) in [7, 11) is -3.74. The molecule has 0 spiro atoms. The number of carbonyl (C=O) groups is 1. The summed E-state index contributed by atoms with van der Waals surface area (Å²) in [6, 6.07) is 0.307. The maximum absolute atomic E-state index is 12.9. The molecular weight excluding hydrogens is 338 g/mol. The van der Waals surface area contributed by atoms with Crippen LogP contribution in [0, 0.1) is 13.8 Å². The van der Waals surface area contributed by atoms with Crippen molar-refractivity contribution in [1.82, 2.24) is 14.9 Å². The van der Waals surface area contributed by atoms with Crippen molar-refractivity contribution in [3.05, 3.63) is 11.4 Å². The first-order chi connectivity index (χ1) is 11.9. The molecule has 2 aliphatic carbocycles. The summed E-state index contributed by atoms with van der Waals surface area (Å²) >= 11 is 0. The molecule has 0 bridgehead atoms. The van der Waals surface area contributed by atoms with E-state index < -0.39 is 21.5 Å². The third-order valence-electron chi connectivity index (χ3n) is 5.61. The molecule has 1 aromatic rings. The number of imidazole rings is 1. The monoisotopic (exact) mass is 367 g/mol. The second-order valence-corrected chi connectivity index (χ2v) is 9.42. The maximum Gasteiger partial charge on any atom is 0.235 e. The third-order valence-corrected chi connectivity index (χ3v) is 7.10. The smallest absolute Gasteiger partial charge is 0.235 e. The first-order valence-corrected chi connectivity index (χ1v) is 11.1. The maximum atomic E-state index is 12.9. The van der Waals surface area contributed by atoms with Crippen LogP contribution in [-0.4, -0.2) is 35.7 Å². The molecule has 3 rings (SSSR count). The highest BCUT2D eigenvalue weighted by atomic mass is 32.2. The number of carbonyl (C=O) groups excluding carboxylic acids is 1. The summed E-state index contributed by atoms with van der Waals surface area (Å²) in [5, 5.41) is 2.95. The summed E-state index contributed by atoms with van der Waals surface area (Å²) in [6.45, 7) is 3.76. The largest absolute Gasteiger partial charge is 0.352 e. The van der Waals surface area contributed by atoms with Crippen LogP contribution in [0.15, 0.2) is 5.16 Å². The van der Waals surface area contributed by atoms with Gasteiger partial charge < -0.3 is 9.88 Å². The SMILES string of the molecule is Cc1nc(S(=O)(=O)CC(=O)NC2CCCC2)n(C2CCCCC2)c1C. The van der Waals surface area contributed by atoms with E-state index in [-0.39, 0.29) is 17.2 Å². The van der Waals surface area contributed by atoms with E-state index in [9.17, 15) is 13.2 Å². The van der Waals surface area contributed by atoms with Crippen molar-refractivity contribution in [3.63, 3.8) is 0 Å². The average Bonchev–Trinajstić information content (AvgIpc) is 3.17. The van der Waals surface area contributed by atoms with Gasteiger partial charge in [0.1, 0.15) is 5.75 Å². The number of sulfone groups is 1. The van der Waals surface area contributed by atoms with E-state index in [0.29, 0.717) is 0 Å². The Morgan fingerprint density at radius 2 is 1.68 bits per heavy atom. The zero-order valence-electron chi connectivity index (χ0n) is 15.3. The van der Waals surface area contributed by atoms with Crippen LogP contribution in [0.2, 0.25) is 0 Å². The summed E-state index contributed by atoms with van der Waals surface area (Å²) in [6.07, 6.45) is 9.48. The van der Waals surface area contributed by atoms with Crippen molar-refractivity contribution >= 4 is 15.7 Å².